The van der Waals surface area contributed by atoms with Gasteiger partial charge >= 0.3 is 5.97 Å². The highest BCUT2D eigenvalue weighted by molar-refractivity contribution is 7.71. The summed E-state index contributed by atoms with van der Waals surface area (Å²) in [6.07, 6.45) is 4.74. The van der Waals surface area contributed by atoms with Crippen molar-refractivity contribution in [3.8, 4) is 5.75 Å². The van der Waals surface area contributed by atoms with Crippen molar-refractivity contribution in [1.29, 1.82) is 0 Å². The number of aromatic nitrogens is 1. The molecule has 1 aromatic heterocycles. The lowest BCUT2D eigenvalue weighted by molar-refractivity contribution is -0.154. The lowest BCUT2D eigenvalue weighted by Gasteiger charge is -2.23. The molecule has 1 aromatic carbocycles. The van der Waals surface area contributed by atoms with Crippen LogP contribution >= 0.6 is 12.2 Å². The largest absolute Gasteiger partial charge is 0.493 e. The van der Waals surface area contributed by atoms with E-state index in [2.05, 4.69) is 37.5 Å². The Morgan fingerprint density at radius 2 is 1.90 bits per heavy atom. The number of ether oxygens (including phenoxy) is 2. The molecule has 2 rings (SSSR count). The summed E-state index contributed by atoms with van der Waals surface area (Å²) in [7, 11) is 0. The molecular formula is C25H37NO3S. The smallest absolute Gasteiger partial charge is 0.311 e. The highest BCUT2D eigenvalue weighted by atomic mass is 32.1. The number of hydrogen-bond acceptors (Lipinski definition) is 4. The number of pyridine rings is 1. The minimum absolute atomic E-state index is 0.127. The maximum atomic E-state index is 12.4. The topological polar surface area (TPSA) is 40.5 Å². The Hall–Kier alpha value is -1.88. The van der Waals surface area contributed by atoms with Crippen molar-refractivity contribution in [1.82, 2.24) is 4.57 Å². The quantitative estimate of drug-likeness (QED) is 0.207. The number of unbranched alkanes of at least 4 members (excludes halogenated alkanes) is 1. The van der Waals surface area contributed by atoms with Gasteiger partial charge in [-0.1, -0.05) is 51.5 Å². The molecular weight excluding hydrogens is 394 g/mol. The first-order valence-electron chi connectivity index (χ1n) is 11.2. The second kappa shape index (κ2) is 11.5. The Labute approximate surface area is 186 Å². The summed E-state index contributed by atoms with van der Waals surface area (Å²) in [6.45, 7) is 12.2. The monoisotopic (exact) mass is 431 g/mol. The molecule has 5 heteroatoms. The minimum atomic E-state index is -0.440. The average Bonchev–Trinajstić information content (AvgIpc) is 2.71. The molecule has 4 nitrogen and oxygen atoms in total. The maximum absolute atomic E-state index is 12.4. The summed E-state index contributed by atoms with van der Waals surface area (Å²) in [5.74, 6) is 1.26. The maximum Gasteiger partial charge on any atom is 0.311 e. The third kappa shape index (κ3) is 6.83. The lowest BCUT2D eigenvalue weighted by atomic mass is 9.85. The van der Waals surface area contributed by atoms with Crippen molar-refractivity contribution in [3.63, 3.8) is 0 Å². The fraction of sp³-hybridized carbons (Fsp3) is 0.600. The van der Waals surface area contributed by atoms with Gasteiger partial charge in [-0.2, -0.15) is 0 Å². The zero-order chi connectivity index (χ0) is 22.1. The van der Waals surface area contributed by atoms with E-state index < -0.39 is 5.41 Å². The van der Waals surface area contributed by atoms with Crippen molar-refractivity contribution in [2.45, 2.75) is 73.3 Å². The van der Waals surface area contributed by atoms with Crippen LogP contribution in [0.5, 0.6) is 5.75 Å². The predicted molar refractivity (Wildman–Crippen MR) is 127 cm³/mol. The lowest BCUT2D eigenvalue weighted by Crippen LogP contribution is -2.27. The molecule has 0 saturated heterocycles. The Bertz CT molecular complexity index is 886. The Kier molecular flexibility index (Phi) is 9.35. The SMILES string of the molecule is CCCCn1c(=S)cc(OCCCOC(=O)C(C)(C)CCC(C)C)c2ccccc21. The van der Waals surface area contributed by atoms with Gasteiger partial charge in [0.15, 0.2) is 0 Å². The van der Waals surface area contributed by atoms with Gasteiger partial charge < -0.3 is 14.0 Å². The average molecular weight is 432 g/mol. The van der Waals surface area contributed by atoms with Crippen LogP contribution < -0.4 is 4.74 Å². The van der Waals surface area contributed by atoms with Gasteiger partial charge in [-0.05, 0) is 51.2 Å². The number of carbonyl (C=O) groups is 1. The van der Waals surface area contributed by atoms with Crippen LogP contribution in [0.2, 0.25) is 0 Å². The second-order valence-electron chi connectivity index (χ2n) is 9.02. The van der Waals surface area contributed by atoms with Crippen molar-refractivity contribution < 1.29 is 14.3 Å². The molecule has 2 aromatic rings. The normalized spacial score (nSPS) is 11.8. The predicted octanol–water partition coefficient (Wildman–Crippen LogP) is 6.95. The number of aryl methyl sites for hydroxylation is 1. The standard InChI is InChI=1S/C25H37NO3S/c1-6-7-15-26-21-12-9-8-11-20(21)22(18-23(26)30)28-16-10-17-29-24(27)25(4,5)14-13-19(2)3/h8-9,11-12,18-19H,6-7,10,13-17H2,1-5H3. The summed E-state index contributed by atoms with van der Waals surface area (Å²) >= 11 is 5.61. The van der Waals surface area contributed by atoms with Gasteiger partial charge in [0, 0.05) is 24.4 Å². The van der Waals surface area contributed by atoms with Crippen LogP contribution in [-0.4, -0.2) is 23.8 Å². The molecule has 0 N–H and O–H groups in total. The number of hydrogen-bond donors (Lipinski definition) is 0. The molecule has 0 saturated carbocycles. The molecule has 1 heterocycles. The van der Waals surface area contributed by atoms with Gasteiger partial charge in [0.25, 0.3) is 0 Å². The van der Waals surface area contributed by atoms with Gasteiger partial charge in [-0.15, -0.1) is 0 Å². The molecule has 0 aliphatic carbocycles. The second-order valence-corrected chi connectivity index (χ2v) is 9.44. The fourth-order valence-corrected chi connectivity index (χ4v) is 3.62. The van der Waals surface area contributed by atoms with E-state index in [1.54, 1.807) is 0 Å². The van der Waals surface area contributed by atoms with Crippen molar-refractivity contribution in [2.75, 3.05) is 13.2 Å². The number of para-hydroxylation sites is 1. The Balaban J connectivity index is 1.93. The van der Waals surface area contributed by atoms with Crippen molar-refractivity contribution in [3.05, 3.63) is 35.0 Å². The summed E-state index contributed by atoms with van der Waals surface area (Å²) in [6, 6.07) is 10.1. The van der Waals surface area contributed by atoms with E-state index in [0.717, 1.165) is 53.5 Å². The molecule has 0 bridgehead atoms. The zero-order valence-electron chi connectivity index (χ0n) is 19.2. The van der Waals surface area contributed by atoms with Crippen LogP contribution in [0.15, 0.2) is 30.3 Å². The van der Waals surface area contributed by atoms with E-state index in [0.29, 0.717) is 25.6 Å². The van der Waals surface area contributed by atoms with Gasteiger partial charge in [0.2, 0.25) is 0 Å². The van der Waals surface area contributed by atoms with E-state index >= 15 is 0 Å². The van der Waals surface area contributed by atoms with Crippen molar-refractivity contribution >= 4 is 29.1 Å². The van der Waals surface area contributed by atoms with Crippen LogP contribution in [0.1, 0.15) is 66.7 Å². The molecule has 0 atom stereocenters. The zero-order valence-corrected chi connectivity index (χ0v) is 20.0. The van der Waals surface area contributed by atoms with Crippen molar-refractivity contribution in [2.24, 2.45) is 11.3 Å². The highest BCUT2D eigenvalue weighted by Gasteiger charge is 2.29. The van der Waals surface area contributed by atoms with E-state index in [1.165, 1.54) is 0 Å². The molecule has 0 aliphatic rings. The third-order valence-electron chi connectivity index (χ3n) is 5.39. The summed E-state index contributed by atoms with van der Waals surface area (Å²) < 4.78 is 14.5. The number of nitrogens with zero attached hydrogens (tertiary/aromatic N) is 1. The van der Waals surface area contributed by atoms with Crippen LogP contribution in [0.3, 0.4) is 0 Å². The molecule has 30 heavy (non-hydrogen) atoms. The first-order chi connectivity index (χ1) is 14.3. The summed E-state index contributed by atoms with van der Waals surface area (Å²) in [4.78, 5) is 12.4. The van der Waals surface area contributed by atoms with Crippen LogP contribution in [0.25, 0.3) is 10.9 Å². The molecule has 166 valence electrons. The number of benzene rings is 1. The van der Waals surface area contributed by atoms with E-state index in [1.807, 2.05) is 32.0 Å². The molecule has 0 fully saturated rings. The van der Waals surface area contributed by atoms with Crippen LogP contribution in [0, 0.1) is 16.0 Å². The van der Waals surface area contributed by atoms with E-state index in [-0.39, 0.29) is 5.97 Å². The number of esters is 1. The van der Waals surface area contributed by atoms with E-state index in [9.17, 15) is 4.79 Å². The summed E-state index contributed by atoms with van der Waals surface area (Å²) in [5, 5.41) is 1.06. The van der Waals surface area contributed by atoms with Gasteiger partial charge in [-0.3, -0.25) is 4.79 Å². The fourth-order valence-electron chi connectivity index (χ4n) is 3.32. The number of fused-ring (bicyclic) bond motifs is 1. The van der Waals surface area contributed by atoms with Gasteiger partial charge in [-0.25, -0.2) is 0 Å². The molecule has 0 amide bonds. The molecule has 0 aliphatic heterocycles. The summed E-state index contributed by atoms with van der Waals surface area (Å²) in [5.41, 5.74) is 0.663. The first-order valence-corrected chi connectivity index (χ1v) is 11.6. The Morgan fingerprint density at radius 3 is 2.60 bits per heavy atom. The molecule has 0 unspecified atom stereocenters. The van der Waals surface area contributed by atoms with Gasteiger partial charge in [0.05, 0.1) is 24.1 Å². The van der Waals surface area contributed by atoms with E-state index in [4.69, 9.17) is 21.7 Å². The Morgan fingerprint density at radius 1 is 1.17 bits per heavy atom. The first kappa shape index (κ1) is 24.4. The van der Waals surface area contributed by atoms with Crippen LogP contribution in [0.4, 0.5) is 0 Å². The van der Waals surface area contributed by atoms with Gasteiger partial charge in [0.1, 0.15) is 10.4 Å². The molecule has 0 spiro atoms. The third-order valence-corrected chi connectivity index (χ3v) is 5.73. The minimum Gasteiger partial charge on any atom is -0.493 e. The molecule has 0 radical (unpaired) electrons. The van der Waals surface area contributed by atoms with Crippen LogP contribution in [-0.2, 0) is 16.1 Å². The number of rotatable bonds is 12. The number of carbonyl (C=O) groups excluding carboxylic acids is 1. The highest BCUT2D eigenvalue weighted by Crippen LogP contribution is 2.28.